The Morgan fingerprint density at radius 3 is 2.46 bits per heavy atom. The van der Waals surface area contributed by atoms with Crippen molar-refractivity contribution in [3.8, 4) is 11.4 Å². The Kier molecular flexibility index (Phi) is 13.9. The van der Waals surface area contributed by atoms with Crippen molar-refractivity contribution in [3.05, 3.63) is 91.8 Å². The number of aromatic nitrogens is 4. The highest BCUT2D eigenvalue weighted by Crippen LogP contribution is 2.33. The van der Waals surface area contributed by atoms with E-state index in [1.807, 2.05) is 50.4 Å². The number of imidazole rings is 1. The van der Waals surface area contributed by atoms with Crippen LogP contribution in [0.4, 0.5) is 5.82 Å². The van der Waals surface area contributed by atoms with Crippen LogP contribution < -0.4 is 5.73 Å². The highest BCUT2D eigenvalue weighted by atomic mass is 32.2. The molecule has 3 aromatic heterocycles. The molecule has 0 radical (unpaired) electrons. The summed E-state index contributed by atoms with van der Waals surface area (Å²) in [7, 11) is 0. The highest BCUT2D eigenvalue weighted by molar-refractivity contribution is 7.99. The predicted molar refractivity (Wildman–Crippen MR) is 166 cm³/mol. The maximum absolute atomic E-state index is 6.24. The minimum atomic E-state index is 0.429. The Bertz CT molecular complexity index is 1290. The number of nitrogens with zero attached hydrogens (tertiary/aromatic N) is 3. The second-order valence-electron chi connectivity index (χ2n) is 8.43. The molecular weight excluding hydrogens is 474 g/mol. The number of hydrogen-bond acceptors (Lipinski definition) is 4. The fraction of sp³-hybridized carbons (Fsp3) is 0.290. The van der Waals surface area contributed by atoms with Crippen molar-refractivity contribution >= 4 is 34.0 Å². The number of benzene rings is 1. The van der Waals surface area contributed by atoms with Gasteiger partial charge in [-0.3, -0.25) is 4.40 Å². The van der Waals surface area contributed by atoms with Gasteiger partial charge in [0.25, 0.3) is 0 Å². The largest absolute Gasteiger partial charge is 0.382 e. The molecule has 1 atom stereocenters. The van der Waals surface area contributed by atoms with Gasteiger partial charge in [0.1, 0.15) is 17.0 Å². The number of H-pyrrole nitrogens is 1. The molecule has 6 heteroatoms. The van der Waals surface area contributed by atoms with E-state index in [-0.39, 0.29) is 0 Å². The minimum Gasteiger partial charge on any atom is -0.382 e. The van der Waals surface area contributed by atoms with Gasteiger partial charge in [-0.2, -0.15) is 0 Å². The zero-order valence-electron chi connectivity index (χ0n) is 23.5. The molecule has 37 heavy (non-hydrogen) atoms. The molecule has 5 nitrogen and oxygen atoms in total. The molecule has 0 saturated heterocycles. The number of aromatic amines is 1. The van der Waals surface area contributed by atoms with Gasteiger partial charge in [0.05, 0.1) is 5.69 Å². The highest BCUT2D eigenvalue weighted by Gasteiger charge is 2.18. The number of rotatable bonds is 6. The van der Waals surface area contributed by atoms with E-state index < -0.39 is 0 Å². The average Bonchev–Trinajstić information content (AvgIpc) is 3.50. The molecule has 1 aromatic carbocycles. The van der Waals surface area contributed by atoms with E-state index in [0.717, 1.165) is 38.7 Å². The van der Waals surface area contributed by atoms with Crippen molar-refractivity contribution in [2.75, 3.05) is 11.5 Å². The monoisotopic (exact) mass is 517 g/mol. The lowest BCUT2D eigenvalue weighted by Crippen LogP contribution is -1.98. The van der Waals surface area contributed by atoms with Gasteiger partial charge in [-0.15, -0.1) is 19.7 Å². The molecule has 0 fully saturated rings. The summed E-state index contributed by atoms with van der Waals surface area (Å²) in [5.41, 5.74) is 12.4. The maximum Gasteiger partial charge on any atom is 0.173 e. The predicted octanol–water partition coefficient (Wildman–Crippen LogP) is 9.12. The number of anilines is 1. The summed E-state index contributed by atoms with van der Waals surface area (Å²) < 4.78 is 2.04. The van der Waals surface area contributed by atoms with Crippen LogP contribution in [-0.2, 0) is 0 Å². The van der Waals surface area contributed by atoms with Gasteiger partial charge in [-0.05, 0) is 45.7 Å². The third kappa shape index (κ3) is 9.14. The van der Waals surface area contributed by atoms with E-state index in [1.54, 1.807) is 18.0 Å². The van der Waals surface area contributed by atoms with Gasteiger partial charge in [0.15, 0.2) is 5.16 Å². The second kappa shape index (κ2) is 16.3. The van der Waals surface area contributed by atoms with Crippen molar-refractivity contribution < 1.29 is 0 Å². The smallest absolute Gasteiger partial charge is 0.173 e. The summed E-state index contributed by atoms with van der Waals surface area (Å²) in [5.74, 6) is 1.84. The number of nitrogens with two attached hydrogens (primary N) is 1. The first-order chi connectivity index (χ1) is 17.8. The van der Waals surface area contributed by atoms with Crippen molar-refractivity contribution in [3.63, 3.8) is 0 Å². The molecule has 0 amide bonds. The fourth-order valence-corrected chi connectivity index (χ4v) is 4.17. The lowest BCUT2D eigenvalue weighted by atomic mass is 10.1. The maximum atomic E-state index is 6.24. The first-order valence-electron chi connectivity index (χ1n) is 12.6. The number of thioether (sulfide) groups is 1. The van der Waals surface area contributed by atoms with Crippen LogP contribution in [0.25, 0.3) is 27.8 Å². The average molecular weight is 518 g/mol. The van der Waals surface area contributed by atoms with E-state index >= 15 is 0 Å². The van der Waals surface area contributed by atoms with Crippen molar-refractivity contribution in [1.82, 2.24) is 19.4 Å². The molecule has 4 aromatic rings. The molecule has 0 aliphatic rings. The van der Waals surface area contributed by atoms with Crippen LogP contribution in [0.1, 0.15) is 48.5 Å². The van der Waals surface area contributed by atoms with Crippen molar-refractivity contribution in [1.29, 1.82) is 0 Å². The zero-order valence-corrected chi connectivity index (χ0v) is 24.3. The van der Waals surface area contributed by atoms with Crippen molar-refractivity contribution in [2.45, 2.75) is 53.6 Å². The molecule has 0 spiro atoms. The Hall–Kier alpha value is -3.51. The second-order valence-corrected chi connectivity index (χ2v) is 9.42. The van der Waals surface area contributed by atoms with Gasteiger partial charge >= 0.3 is 0 Å². The van der Waals surface area contributed by atoms with Gasteiger partial charge in [0.2, 0.25) is 0 Å². The molecule has 3 N–H and O–H groups in total. The van der Waals surface area contributed by atoms with Crippen LogP contribution in [0, 0.1) is 5.92 Å². The van der Waals surface area contributed by atoms with Crippen LogP contribution in [0.15, 0.2) is 97.0 Å². The van der Waals surface area contributed by atoms with Crippen LogP contribution in [-0.4, -0.2) is 25.1 Å². The summed E-state index contributed by atoms with van der Waals surface area (Å²) >= 11 is 1.73. The molecule has 0 aliphatic heterocycles. The molecule has 0 saturated carbocycles. The topological polar surface area (TPSA) is 72.0 Å². The third-order valence-electron chi connectivity index (χ3n) is 4.95. The van der Waals surface area contributed by atoms with E-state index in [9.17, 15) is 0 Å². The van der Waals surface area contributed by atoms with Crippen LogP contribution in [0.2, 0.25) is 0 Å². The van der Waals surface area contributed by atoms with Gasteiger partial charge in [0, 0.05) is 29.0 Å². The molecular formula is C31H43N5S. The number of nitrogens with one attached hydrogen (secondary N) is 1. The standard InChI is InChI=1S/C23H25N5S.C4H8.C2H6.C2H4/c1-4-15(2)9-10-16(3)14-29-23-27-20(21-22(24)25-11-12-28(21)23)19-13-17-7-5-6-8-18(17)26-19;1-4(2)3;2*1-2/h4-13,16,26H,14H2,1-3H3,(H2,24,25);1H2,2-3H3;1-2H3;1-2H2/b10-9-,15-4-;;;. The van der Waals surface area contributed by atoms with Gasteiger partial charge < -0.3 is 10.7 Å². The molecule has 3 heterocycles. The summed E-state index contributed by atoms with van der Waals surface area (Å²) in [6.45, 7) is 23.9. The molecule has 1 unspecified atom stereocenters. The number of nitrogen functional groups attached to an aromatic ring is 1. The molecule has 4 rings (SSSR count). The van der Waals surface area contributed by atoms with Gasteiger partial charge in [-0.25, -0.2) is 9.97 Å². The fourth-order valence-electron chi connectivity index (χ4n) is 3.20. The summed E-state index contributed by atoms with van der Waals surface area (Å²) in [6, 6.07) is 10.3. The SMILES string of the molecule is C/C=C(C)\C=C/C(C)CSc1nc(-c2cc3ccccc3[nH]2)c2c(N)nccn12.C=C.C=C(C)C.CC. The van der Waals surface area contributed by atoms with E-state index in [4.69, 9.17) is 10.7 Å². The lowest BCUT2D eigenvalue weighted by Gasteiger charge is -2.05. The van der Waals surface area contributed by atoms with Crippen molar-refractivity contribution in [2.24, 2.45) is 5.92 Å². The number of fused-ring (bicyclic) bond motifs is 2. The van der Waals surface area contributed by atoms with E-state index in [0.29, 0.717) is 11.7 Å². The quantitative estimate of drug-likeness (QED) is 0.152. The van der Waals surface area contributed by atoms with Crippen LogP contribution in [0.5, 0.6) is 0 Å². The third-order valence-corrected chi connectivity index (χ3v) is 6.19. The van der Waals surface area contributed by atoms with Crippen LogP contribution in [0.3, 0.4) is 0 Å². The Balaban J connectivity index is 0.000000767. The molecule has 0 bridgehead atoms. The molecule has 0 aliphatic carbocycles. The summed E-state index contributed by atoms with van der Waals surface area (Å²) in [4.78, 5) is 12.7. The lowest BCUT2D eigenvalue weighted by molar-refractivity contribution is 0.838. The first-order valence-corrected chi connectivity index (χ1v) is 13.6. The summed E-state index contributed by atoms with van der Waals surface area (Å²) in [5, 5.41) is 2.07. The number of hydrogen-bond donors (Lipinski definition) is 2. The number of para-hydroxylation sites is 1. The summed E-state index contributed by atoms with van der Waals surface area (Å²) in [6.07, 6.45) is 10.2. The Morgan fingerprint density at radius 1 is 1.19 bits per heavy atom. The van der Waals surface area contributed by atoms with Gasteiger partial charge in [-0.1, -0.05) is 80.1 Å². The Labute approximate surface area is 227 Å². The number of allylic oxidation sites excluding steroid dienone is 5. The van der Waals surface area contributed by atoms with E-state index in [1.165, 1.54) is 11.1 Å². The Morgan fingerprint density at radius 2 is 1.84 bits per heavy atom. The first kappa shape index (κ1) is 31.5. The normalized spacial score (nSPS) is 11.7. The van der Waals surface area contributed by atoms with Crippen LogP contribution >= 0.6 is 11.8 Å². The molecule has 198 valence electrons. The zero-order chi connectivity index (χ0) is 28.0. The van der Waals surface area contributed by atoms with E-state index in [2.05, 4.69) is 86.9 Å². The minimum absolute atomic E-state index is 0.429.